The molecule has 0 aliphatic rings. The average molecular weight is 313 g/mol. The molecule has 0 spiro atoms. The summed E-state index contributed by atoms with van der Waals surface area (Å²) >= 11 is 1.34. The molecule has 5 nitrogen and oxygen atoms in total. The zero-order valence-electron chi connectivity index (χ0n) is 13.5. The lowest BCUT2D eigenvalue weighted by Crippen LogP contribution is -2.38. The van der Waals surface area contributed by atoms with E-state index in [4.69, 9.17) is 10.5 Å². The van der Waals surface area contributed by atoms with Crippen LogP contribution >= 0.6 is 11.3 Å². The van der Waals surface area contributed by atoms with Crippen molar-refractivity contribution in [3.63, 3.8) is 0 Å². The topological polar surface area (TPSA) is 68.5 Å². The molecule has 120 valence electrons. The van der Waals surface area contributed by atoms with Gasteiger partial charge in [0, 0.05) is 18.5 Å². The molecule has 0 fully saturated rings. The van der Waals surface area contributed by atoms with E-state index < -0.39 is 0 Å². The molecule has 1 heterocycles. The second-order valence-electron chi connectivity index (χ2n) is 5.94. The van der Waals surface area contributed by atoms with E-state index in [1.807, 2.05) is 5.38 Å². The molecule has 0 bridgehead atoms. The molecule has 1 rings (SSSR count). The first kappa shape index (κ1) is 18.1. The van der Waals surface area contributed by atoms with Gasteiger partial charge in [-0.1, -0.05) is 20.8 Å². The first-order chi connectivity index (χ1) is 9.91. The minimum absolute atomic E-state index is 0.0785. The van der Waals surface area contributed by atoms with Crippen LogP contribution in [0.3, 0.4) is 0 Å². The van der Waals surface area contributed by atoms with Crippen molar-refractivity contribution in [2.24, 2.45) is 11.1 Å². The summed E-state index contributed by atoms with van der Waals surface area (Å²) in [6.45, 7) is 12.0. The normalized spacial score (nSPS) is 11.9. The molecule has 0 saturated heterocycles. The van der Waals surface area contributed by atoms with E-state index in [1.165, 1.54) is 11.3 Å². The van der Waals surface area contributed by atoms with Gasteiger partial charge in [-0.05, 0) is 31.8 Å². The number of carbonyl (C=O) groups is 1. The van der Waals surface area contributed by atoms with E-state index in [0.717, 1.165) is 31.7 Å². The Balaban J connectivity index is 2.69. The minimum Gasteiger partial charge on any atom is -0.461 e. The van der Waals surface area contributed by atoms with E-state index in [-0.39, 0.29) is 11.4 Å². The highest BCUT2D eigenvalue weighted by Crippen LogP contribution is 2.18. The molecule has 0 atom stereocenters. The summed E-state index contributed by atoms with van der Waals surface area (Å²) in [7, 11) is 0. The van der Waals surface area contributed by atoms with Gasteiger partial charge in [-0.3, -0.25) is 4.90 Å². The highest BCUT2D eigenvalue weighted by Gasteiger charge is 2.21. The third kappa shape index (κ3) is 6.11. The number of thiazole rings is 1. The van der Waals surface area contributed by atoms with E-state index >= 15 is 0 Å². The SMILES string of the molecule is CCCN(Cc1csc(C(=O)OCC)n1)CC(C)(C)CN. The number of esters is 1. The molecule has 0 unspecified atom stereocenters. The summed E-state index contributed by atoms with van der Waals surface area (Å²) in [5.74, 6) is -0.335. The van der Waals surface area contributed by atoms with Crippen LogP contribution in [0.2, 0.25) is 0 Å². The van der Waals surface area contributed by atoms with Gasteiger partial charge in [0.2, 0.25) is 5.01 Å². The first-order valence-corrected chi connectivity index (χ1v) is 8.33. The van der Waals surface area contributed by atoms with Crippen LogP contribution < -0.4 is 5.73 Å². The molecule has 0 aromatic carbocycles. The van der Waals surface area contributed by atoms with E-state index in [1.54, 1.807) is 6.92 Å². The Labute approximate surface area is 131 Å². The fourth-order valence-corrected chi connectivity index (χ4v) is 2.80. The largest absolute Gasteiger partial charge is 0.461 e. The van der Waals surface area contributed by atoms with Crippen LogP contribution in [-0.2, 0) is 11.3 Å². The summed E-state index contributed by atoms with van der Waals surface area (Å²) in [6, 6.07) is 0. The molecule has 21 heavy (non-hydrogen) atoms. The highest BCUT2D eigenvalue weighted by atomic mass is 32.1. The molecule has 2 N–H and O–H groups in total. The second-order valence-corrected chi connectivity index (χ2v) is 6.80. The van der Waals surface area contributed by atoms with Gasteiger partial charge in [0.25, 0.3) is 0 Å². The Bertz CT molecular complexity index is 446. The Morgan fingerprint density at radius 1 is 1.48 bits per heavy atom. The van der Waals surface area contributed by atoms with Gasteiger partial charge in [0.05, 0.1) is 12.3 Å². The van der Waals surface area contributed by atoms with Crippen LogP contribution in [0.25, 0.3) is 0 Å². The Hall–Kier alpha value is -0.980. The molecule has 0 saturated carbocycles. The quantitative estimate of drug-likeness (QED) is 0.710. The third-order valence-corrected chi connectivity index (χ3v) is 4.00. The smallest absolute Gasteiger partial charge is 0.367 e. The second kappa shape index (κ2) is 8.46. The lowest BCUT2D eigenvalue weighted by Gasteiger charge is -2.31. The average Bonchev–Trinajstić information content (AvgIpc) is 2.87. The van der Waals surface area contributed by atoms with Crippen molar-refractivity contribution >= 4 is 17.3 Å². The lowest BCUT2D eigenvalue weighted by molar-refractivity contribution is 0.0525. The van der Waals surface area contributed by atoms with Crippen LogP contribution in [0.1, 0.15) is 49.6 Å². The Morgan fingerprint density at radius 2 is 2.19 bits per heavy atom. The Morgan fingerprint density at radius 3 is 2.76 bits per heavy atom. The summed E-state index contributed by atoms with van der Waals surface area (Å²) < 4.78 is 4.97. The van der Waals surface area contributed by atoms with Gasteiger partial charge < -0.3 is 10.5 Å². The minimum atomic E-state index is -0.335. The zero-order valence-corrected chi connectivity index (χ0v) is 14.3. The molecular weight excluding hydrogens is 286 g/mol. The maximum atomic E-state index is 11.6. The number of aromatic nitrogens is 1. The Kier molecular flexibility index (Phi) is 7.28. The van der Waals surface area contributed by atoms with Crippen molar-refractivity contribution in [3.05, 3.63) is 16.1 Å². The van der Waals surface area contributed by atoms with Crippen molar-refractivity contribution in [2.45, 2.75) is 40.7 Å². The molecule has 6 heteroatoms. The van der Waals surface area contributed by atoms with Crippen molar-refractivity contribution in [1.82, 2.24) is 9.88 Å². The molecule has 1 aromatic heterocycles. The number of nitrogens with two attached hydrogens (primary N) is 1. The fraction of sp³-hybridized carbons (Fsp3) is 0.733. The van der Waals surface area contributed by atoms with Crippen molar-refractivity contribution in [3.8, 4) is 0 Å². The van der Waals surface area contributed by atoms with Gasteiger partial charge in [-0.15, -0.1) is 11.3 Å². The number of rotatable bonds is 9. The van der Waals surface area contributed by atoms with Gasteiger partial charge in [-0.2, -0.15) is 0 Å². The van der Waals surface area contributed by atoms with Crippen LogP contribution in [0, 0.1) is 5.41 Å². The molecule has 0 amide bonds. The number of hydrogen-bond acceptors (Lipinski definition) is 6. The highest BCUT2D eigenvalue weighted by molar-refractivity contribution is 7.11. The van der Waals surface area contributed by atoms with Gasteiger partial charge in [0.1, 0.15) is 0 Å². The predicted octanol–water partition coefficient (Wildman–Crippen LogP) is 2.52. The van der Waals surface area contributed by atoms with Crippen LogP contribution in [-0.4, -0.2) is 42.1 Å². The van der Waals surface area contributed by atoms with E-state index in [0.29, 0.717) is 18.2 Å². The number of ether oxygens (including phenoxy) is 1. The van der Waals surface area contributed by atoms with Crippen molar-refractivity contribution in [1.29, 1.82) is 0 Å². The fourth-order valence-electron chi connectivity index (χ4n) is 2.10. The van der Waals surface area contributed by atoms with Crippen LogP contribution in [0.4, 0.5) is 0 Å². The van der Waals surface area contributed by atoms with Gasteiger partial charge in [-0.25, -0.2) is 9.78 Å². The monoisotopic (exact) mass is 313 g/mol. The zero-order chi connectivity index (χ0) is 15.9. The van der Waals surface area contributed by atoms with E-state index in [2.05, 4.69) is 30.7 Å². The maximum absolute atomic E-state index is 11.6. The van der Waals surface area contributed by atoms with E-state index in [9.17, 15) is 4.79 Å². The predicted molar refractivity (Wildman–Crippen MR) is 86.5 cm³/mol. The van der Waals surface area contributed by atoms with Crippen LogP contribution in [0.5, 0.6) is 0 Å². The first-order valence-electron chi connectivity index (χ1n) is 7.45. The standard InChI is InChI=1S/C15H27N3O2S/c1-5-7-18(11-15(3,4)10-16)8-12-9-21-13(17-12)14(19)20-6-2/h9H,5-8,10-11,16H2,1-4H3. The summed E-state index contributed by atoms with van der Waals surface area (Å²) in [6.07, 6.45) is 1.08. The summed E-state index contributed by atoms with van der Waals surface area (Å²) in [4.78, 5) is 18.4. The molecule has 0 aliphatic heterocycles. The lowest BCUT2D eigenvalue weighted by atomic mass is 9.93. The van der Waals surface area contributed by atoms with Gasteiger partial charge >= 0.3 is 5.97 Å². The number of hydrogen-bond donors (Lipinski definition) is 1. The third-order valence-electron chi connectivity index (χ3n) is 3.13. The van der Waals surface area contributed by atoms with Crippen molar-refractivity contribution in [2.75, 3.05) is 26.2 Å². The van der Waals surface area contributed by atoms with Crippen molar-refractivity contribution < 1.29 is 9.53 Å². The molecule has 0 radical (unpaired) electrons. The van der Waals surface area contributed by atoms with Gasteiger partial charge in [0.15, 0.2) is 0 Å². The molecule has 0 aliphatic carbocycles. The summed E-state index contributed by atoms with van der Waals surface area (Å²) in [5, 5.41) is 2.37. The molecule has 1 aromatic rings. The summed E-state index contributed by atoms with van der Waals surface area (Å²) in [5.41, 5.74) is 6.82. The number of nitrogens with zero attached hydrogens (tertiary/aromatic N) is 2. The maximum Gasteiger partial charge on any atom is 0.367 e. The van der Waals surface area contributed by atoms with Crippen LogP contribution in [0.15, 0.2) is 5.38 Å². The molecular formula is C15H27N3O2S. The number of carbonyl (C=O) groups excluding carboxylic acids is 1.